The fourth-order valence-corrected chi connectivity index (χ4v) is 2.86. The Balaban J connectivity index is 3.85. The summed E-state index contributed by atoms with van der Waals surface area (Å²) >= 11 is 0. The molecule has 7 heteroatoms. The maximum atomic E-state index is 10.5. The van der Waals surface area contributed by atoms with E-state index in [1.807, 2.05) is 0 Å². The molecule has 0 radical (unpaired) electrons. The van der Waals surface area contributed by atoms with Crippen molar-refractivity contribution in [3.63, 3.8) is 0 Å². The summed E-state index contributed by atoms with van der Waals surface area (Å²) in [7, 11) is -1.54. The molecule has 0 aliphatic carbocycles. The fraction of sp³-hybridized carbons (Fsp3) is 0.941. The molecular weight excluding hydrogens is 329 g/mol. The maximum Gasteiger partial charge on any atom is 0.368 e. The topological polar surface area (TPSA) is 92.7 Å². The van der Waals surface area contributed by atoms with Crippen LogP contribution in [0.3, 0.4) is 0 Å². The van der Waals surface area contributed by atoms with E-state index in [-0.39, 0.29) is 4.48 Å². The summed E-state index contributed by atoms with van der Waals surface area (Å²) in [5.74, 6) is 0. The average Bonchev–Trinajstić information content (AvgIpc) is 2.46. The molecule has 144 valence electrons. The normalized spacial score (nSPS) is 15.3. The molecule has 0 aromatic carbocycles. The van der Waals surface area contributed by atoms with E-state index in [0.29, 0.717) is 6.54 Å². The van der Waals surface area contributed by atoms with Gasteiger partial charge in [0, 0.05) is 0 Å². The van der Waals surface area contributed by atoms with Gasteiger partial charge < -0.3 is 19.5 Å². The van der Waals surface area contributed by atoms with Gasteiger partial charge in [-0.05, 0) is 12.8 Å². The van der Waals surface area contributed by atoms with Crippen LogP contribution in [0.5, 0.6) is 0 Å². The van der Waals surface area contributed by atoms with Crippen molar-refractivity contribution < 1.29 is 28.5 Å². The van der Waals surface area contributed by atoms with Gasteiger partial charge in [0.25, 0.3) is 0 Å². The first kappa shape index (κ1) is 23.9. The number of quaternary nitrogens is 1. The second kappa shape index (κ2) is 11.5. The highest BCUT2D eigenvalue weighted by Gasteiger charge is 2.48. The molecule has 1 N–H and O–H groups in total. The first-order valence-electron chi connectivity index (χ1n) is 9.12. The first-order valence-corrected chi connectivity index (χ1v) is 10.6. The third kappa shape index (κ3) is 11.5. The quantitative estimate of drug-likeness (QED) is 0.158. The smallest absolute Gasteiger partial charge is 0.368 e. The molecule has 0 amide bonds. The van der Waals surface area contributed by atoms with Crippen LogP contribution in [0.25, 0.3) is 0 Å². The molecule has 0 bridgehead atoms. The summed E-state index contributed by atoms with van der Waals surface area (Å²) < 4.78 is 14.8. The summed E-state index contributed by atoms with van der Waals surface area (Å²) in [6, 6.07) is 0. The van der Waals surface area contributed by atoms with Gasteiger partial charge in [0.05, 0.1) is 27.6 Å². The van der Waals surface area contributed by atoms with Crippen LogP contribution in [0.4, 0.5) is 0 Å². The molecule has 1 unspecified atom stereocenters. The minimum absolute atomic E-state index is 0.143. The molecule has 0 spiro atoms. The van der Waals surface area contributed by atoms with Crippen molar-refractivity contribution in [2.75, 3.05) is 20.6 Å². The number of nitrogens with zero attached hydrogens (tertiary/aromatic N) is 1. The predicted molar refractivity (Wildman–Crippen MR) is 92.4 cm³/mol. The molecule has 0 heterocycles. The Morgan fingerprint density at radius 2 is 1.42 bits per heavy atom. The molecule has 1 atom stereocenters. The standard InChI is InChI=1S/C17H36NO5P/c1-5-6-7-8-9-10-11-12-13-14-15-18(3,4)17(2,19)16-23-24(20,21)22/h16,19H,5-15H2,1-4H3. The van der Waals surface area contributed by atoms with Crippen LogP contribution in [0, 0.1) is 6.61 Å². The van der Waals surface area contributed by atoms with Gasteiger partial charge >= 0.3 is 12.3 Å². The Labute approximate surface area is 148 Å². The van der Waals surface area contributed by atoms with E-state index in [2.05, 4.69) is 11.4 Å². The highest BCUT2D eigenvalue weighted by atomic mass is 31.2. The van der Waals surface area contributed by atoms with Crippen LogP contribution in [0.1, 0.15) is 78.1 Å². The average molecular weight is 365 g/mol. The lowest BCUT2D eigenvalue weighted by Crippen LogP contribution is -2.59. The van der Waals surface area contributed by atoms with Crippen molar-refractivity contribution >= 4 is 7.82 Å². The monoisotopic (exact) mass is 365 g/mol. The number of aliphatic hydroxyl groups is 1. The Morgan fingerprint density at radius 1 is 1.00 bits per heavy atom. The Hall–Kier alpha value is -0.100. The van der Waals surface area contributed by atoms with Crippen molar-refractivity contribution in [1.29, 1.82) is 0 Å². The predicted octanol–water partition coefficient (Wildman–Crippen LogP) is 2.70. The molecule has 0 saturated carbocycles. The molecule has 0 fully saturated rings. The zero-order valence-electron chi connectivity index (χ0n) is 15.8. The van der Waals surface area contributed by atoms with Gasteiger partial charge in [-0.25, -0.2) is 0 Å². The summed E-state index contributed by atoms with van der Waals surface area (Å²) in [5.41, 5.74) is -1.54. The molecule has 0 saturated heterocycles. The van der Waals surface area contributed by atoms with Gasteiger partial charge in [-0.1, -0.05) is 58.3 Å². The minimum Gasteiger partial charge on any atom is -0.786 e. The lowest BCUT2D eigenvalue weighted by atomic mass is 10.1. The van der Waals surface area contributed by atoms with Gasteiger partial charge in [0.1, 0.15) is 7.82 Å². The van der Waals surface area contributed by atoms with Crippen LogP contribution < -0.4 is 9.79 Å². The molecule has 0 rings (SSSR count). The lowest BCUT2D eigenvalue weighted by Gasteiger charge is -2.37. The summed E-state index contributed by atoms with van der Waals surface area (Å²) in [4.78, 5) is 21.1. The summed E-state index contributed by atoms with van der Waals surface area (Å²) in [6.45, 7) is 5.07. The van der Waals surface area contributed by atoms with Gasteiger partial charge in [0.2, 0.25) is 0 Å². The van der Waals surface area contributed by atoms with Crippen LogP contribution in [-0.2, 0) is 9.09 Å². The molecule has 0 aliphatic rings. The van der Waals surface area contributed by atoms with E-state index in [4.69, 9.17) is 0 Å². The molecule has 0 aromatic heterocycles. The molecular formula is C17H36NO5P. The highest BCUT2D eigenvalue weighted by molar-refractivity contribution is 7.43. The van der Waals surface area contributed by atoms with E-state index in [0.717, 1.165) is 19.4 Å². The van der Waals surface area contributed by atoms with Gasteiger partial charge in [-0.3, -0.25) is 4.48 Å². The number of hydrogen-bond donors (Lipinski definition) is 1. The van der Waals surface area contributed by atoms with Crippen LogP contribution in [0.15, 0.2) is 0 Å². The van der Waals surface area contributed by atoms with Crippen LogP contribution in [0.2, 0.25) is 0 Å². The first-order chi connectivity index (χ1) is 11.0. The number of phosphoric ester groups is 1. The molecule has 0 aliphatic heterocycles. The number of likely N-dealkylation sites (N-methyl/N-ethyl adjacent to an activating group) is 1. The van der Waals surface area contributed by atoms with Gasteiger partial charge in [-0.2, -0.15) is 4.52 Å². The fourth-order valence-electron chi connectivity index (χ4n) is 2.53. The number of rotatable bonds is 15. The number of phosphoric acid groups is 1. The third-order valence-corrected chi connectivity index (χ3v) is 5.06. The largest absolute Gasteiger partial charge is 0.786 e. The Morgan fingerprint density at radius 3 is 1.83 bits per heavy atom. The molecule has 24 heavy (non-hydrogen) atoms. The second-order valence-electron chi connectivity index (χ2n) is 7.36. The zero-order valence-corrected chi connectivity index (χ0v) is 16.7. The third-order valence-electron chi connectivity index (χ3n) is 4.70. The van der Waals surface area contributed by atoms with E-state index >= 15 is 0 Å². The van der Waals surface area contributed by atoms with Gasteiger partial charge in [0.15, 0.2) is 0 Å². The summed E-state index contributed by atoms with van der Waals surface area (Å²) in [6.07, 6.45) is 12.3. The van der Waals surface area contributed by atoms with E-state index in [9.17, 15) is 19.5 Å². The van der Waals surface area contributed by atoms with Crippen molar-refractivity contribution in [3.05, 3.63) is 6.61 Å². The molecule has 6 nitrogen and oxygen atoms in total. The van der Waals surface area contributed by atoms with Gasteiger partial charge in [-0.15, -0.1) is 0 Å². The van der Waals surface area contributed by atoms with Crippen LogP contribution >= 0.6 is 7.82 Å². The zero-order chi connectivity index (χ0) is 18.7. The minimum atomic E-state index is -5.11. The van der Waals surface area contributed by atoms with Crippen molar-refractivity contribution in [2.24, 2.45) is 0 Å². The highest BCUT2D eigenvalue weighted by Crippen LogP contribution is 2.32. The van der Waals surface area contributed by atoms with Crippen molar-refractivity contribution in [1.82, 2.24) is 0 Å². The number of hydrogen-bond acceptors (Lipinski definition) is 5. The maximum absolute atomic E-state index is 10.5. The Bertz CT molecular complexity index is 368. The second-order valence-corrected chi connectivity index (χ2v) is 8.46. The lowest BCUT2D eigenvalue weighted by molar-refractivity contribution is -0.960. The SMILES string of the molecule is CCCCCCCCCCCC[N+](C)(C)C(C)(O)[CH+]OP(=O)([O-])[O-]. The molecule has 0 aromatic rings. The van der Waals surface area contributed by atoms with E-state index in [1.165, 1.54) is 58.3 Å². The summed E-state index contributed by atoms with van der Waals surface area (Å²) in [5, 5.41) is 10.3. The van der Waals surface area contributed by atoms with E-state index in [1.54, 1.807) is 14.1 Å². The Kier molecular flexibility index (Phi) is 11.5. The van der Waals surface area contributed by atoms with Crippen LogP contribution in [-0.4, -0.2) is 36.0 Å². The number of unbranched alkanes of at least 4 members (excludes halogenated alkanes) is 9. The van der Waals surface area contributed by atoms with Crippen molar-refractivity contribution in [2.45, 2.75) is 83.8 Å². The van der Waals surface area contributed by atoms with E-state index < -0.39 is 13.5 Å². The van der Waals surface area contributed by atoms with Crippen molar-refractivity contribution in [3.8, 4) is 0 Å².